The largest absolute Gasteiger partial charge is 0.455 e. The van der Waals surface area contributed by atoms with Gasteiger partial charge in [-0.25, -0.2) is 0 Å². The van der Waals surface area contributed by atoms with Crippen LogP contribution in [0.3, 0.4) is 0 Å². The minimum absolute atomic E-state index is 0.0112. The predicted octanol–water partition coefficient (Wildman–Crippen LogP) is 4.35. The van der Waals surface area contributed by atoms with Gasteiger partial charge in [0.2, 0.25) is 0 Å². The maximum Gasteiger partial charge on any atom is 0.193 e. The average molecular weight is 315 g/mol. The Morgan fingerprint density at radius 1 is 1.00 bits per heavy atom. The molecule has 3 rings (SSSR count). The Morgan fingerprint density at radius 3 is 2.53 bits per heavy atom. The molecule has 1 heterocycles. The molecule has 1 aromatic heterocycles. The molecule has 3 aromatic rings. The zero-order chi connectivity index (χ0) is 13.2. The molecular weight excluding hydrogens is 304 g/mol. The minimum atomic E-state index is -0.0112. The summed E-state index contributed by atoms with van der Waals surface area (Å²) >= 11 is 3.42. The van der Waals surface area contributed by atoms with Crippen LogP contribution >= 0.6 is 15.9 Å². The van der Waals surface area contributed by atoms with Gasteiger partial charge in [0.25, 0.3) is 0 Å². The van der Waals surface area contributed by atoms with E-state index >= 15 is 0 Å². The number of para-hydroxylation sites is 1. The minimum Gasteiger partial charge on any atom is -0.455 e. The normalized spacial score (nSPS) is 10.8. The first-order valence-electron chi connectivity index (χ1n) is 5.97. The Labute approximate surface area is 118 Å². The molecule has 0 unspecified atom stereocenters. The van der Waals surface area contributed by atoms with Gasteiger partial charge < -0.3 is 4.42 Å². The van der Waals surface area contributed by atoms with Gasteiger partial charge in [-0.2, -0.15) is 0 Å². The first-order valence-corrected chi connectivity index (χ1v) is 7.09. The van der Waals surface area contributed by atoms with Crippen LogP contribution in [0.2, 0.25) is 0 Å². The Morgan fingerprint density at radius 2 is 1.79 bits per heavy atom. The first-order chi connectivity index (χ1) is 9.29. The Hall–Kier alpha value is -1.87. The van der Waals surface area contributed by atoms with E-state index < -0.39 is 0 Å². The van der Waals surface area contributed by atoms with E-state index in [2.05, 4.69) is 15.9 Å². The highest BCUT2D eigenvalue weighted by Crippen LogP contribution is 2.25. The van der Waals surface area contributed by atoms with Crippen molar-refractivity contribution in [2.75, 3.05) is 0 Å². The van der Waals surface area contributed by atoms with Crippen LogP contribution in [0, 0.1) is 0 Å². The number of fused-ring (bicyclic) bond motifs is 1. The van der Waals surface area contributed by atoms with Crippen molar-refractivity contribution < 1.29 is 4.42 Å². The van der Waals surface area contributed by atoms with Crippen LogP contribution in [-0.4, -0.2) is 0 Å². The highest BCUT2D eigenvalue weighted by Gasteiger charge is 2.09. The van der Waals surface area contributed by atoms with Crippen molar-refractivity contribution in [1.29, 1.82) is 0 Å². The fraction of sp³-hybridized carbons (Fsp3) is 0.0625. The molecule has 94 valence electrons. The molecule has 0 fully saturated rings. The van der Waals surface area contributed by atoms with E-state index in [0.29, 0.717) is 22.1 Å². The lowest BCUT2D eigenvalue weighted by molar-refractivity contribution is 0.616. The van der Waals surface area contributed by atoms with Crippen molar-refractivity contribution in [3.8, 4) is 11.3 Å². The third kappa shape index (κ3) is 2.22. The van der Waals surface area contributed by atoms with E-state index in [1.165, 1.54) is 0 Å². The van der Waals surface area contributed by atoms with Crippen LogP contribution in [0.25, 0.3) is 22.3 Å². The summed E-state index contributed by atoms with van der Waals surface area (Å²) in [6, 6.07) is 16.8. The lowest BCUT2D eigenvalue weighted by atomic mass is 10.1. The van der Waals surface area contributed by atoms with E-state index in [4.69, 9.17) is 4.42 Å². The standard InChI is InChI=1S/C16H11BrO2/c17-10-12-7-4-8-13-14(18)9-15(19-16(12)13)11-5-2-1-3-6-11/h1-9H,10H2. The van der Waals surface area contributed by atoms with Gasteiger partial charge in [-0.05, 0) is 6.07 Å². The highest BCUT2D eigenvalue weighted by atomic mass is 79.9. The summed E-state index contributed by atoms with van der Waals surface area (Å²) in [5, 5.41) is 1.28. The number of hydrogen-bond donors (Lipinski definition) is 0. The topological polar surface area (TPSA) is 30.2 Å². The number of hydrogen-bond acceptors (Lipinski definition) is 2. The molecule has 0 atom stereocenters. The quantitative estimate of drug-likeness (QED) is 0.658. The predicted molar refractivity (Wildman–Crippen MR) is 80.6 cm³/mol. The average Bonchev–Trinajstić information content (AvgIpc) is 2.47. The second-order valence-electron chi connectivity index (χ2n) is 4.27. The molecule has 0 spiro atoms. The summed E-state index contributed by atoms with van der Waals surface area (Å²) in [6.07, 6.45) is 0. The Kier molecular flexibility index (Phi) is 3.22. The van der Waals surface area contributed by atoms with Crippen LogP contribution in [-0.2, 0) is 5.33 Å². The van der Waals surface area contributed by atoms with E-state index in [-0.39, 0.29) is 5.43 Å². The summed E-state index contributed by atoms with van der Waals surface area (Å²) in [6.45, 7) is 0. The second kappa shape index (κ2) is 5.02. The molecule has 0 saturated heterocycles. The third-order valence-electron chi connectivity index (χ3n) is 3.04. The zero-order valence-corrected chi connectivity index (χ0v) is 11.7. The summed E-state index contributed by atoms with van der Waals surface area (Å²) in [7, 11) is 0. The fourth-order valence-electron chi connectivity index (χ4n) is 2.09. The van der Waals surface area contributed by atoms with E-state index in [1.54, 1.807) is 12.1 Å². The summed E-state index contributed by atoms with van der Waals surface area (Å²) in [4.78, 5) is 12.2. The Bertz CT molecular complexity index is 776. The lowest BCUT2D eigenvalue weighted by Gasteiger charge is -2.05. The lowest BCUT2D eigenvalue weighted by Crippen LogP contribution is -2.01. The van der Waals surface area contributed by atoms with Gasteiger partial charge in [0, 0.05) is 22.5 Å². The van der Waals surface area contributed by atoms with Gasteiger partial charge in [-0.1, -0.05) is 58.4 Å². The van der Waals surface area contributed by atoms with Crippen molar-refractivity contribution in [2.24, 2.45) is 0 Å². The molecule has 0 N–H and O–H groups in total. The smallest absolute Gasteiger partial charge is 0.193 e. The van der Waals surface area contributed by atoms with Crippen molar-refractivity contribution >= 4 is 26.9 Å². The molecule has 3 heteroatoms. The van der Waals surface area contributed by atoms with Crippen LogP contribution in [0.5, 0.6) is 0 Å². The fourth-order valence-corrected chi connectivity index (χ4v) is 2.53. The SMILES string of the molecule is O=c1cc(-c2ccccc2)oc2c(CBr)cccc12. The Balaban J connectivity index is 2.33. The molecule has 0 aliphatic carbocycles. The van der Waals surface area contributed by atoms with Crippen LogP contribution in [0.4, 0.5) is 0 Å². The molecule has 2 nitrogen and oxygen atoms in total. The zero-order valence-electron chi connectivity index (χ0n) is 10.1. The van der Waals surface area contributed by atoms with E-state index in [1.807, 2.05) is 42.5 Å². The summed E-state index contributed by atoms with van der Waals surface area (Å²) in [5.74, 6) is 0.603. The van der Waals surface area contributed by atoms with Crippen LogP contribution < -0.4 is 5.43 Å². The number of alkyl halides is 1. The maximum atomic E-state index is 12.2. The number of halogens is 1. The molecule has 0 bridgehead atoms. The molecular formula is C16H11BrO2. The van der Waals surface area contributed by atoms with Crippen molar-refractivity contribution in [1.82, 2.24) is 0 Å². The number of rotatable bonds is 2. The molecule has 0 radical (unpaired) electrons. The summed E-state index contributed by atoms with van der Waals surface area (Å²) < 4.78 is 5.92. The van der Waals surface area contributed by atoms with Crippen molar-refractivity contribution in [3.63, 3.8) is 0 Å². The molecule has 19 heavy (non-hydrogen) atoms. The van der Waals surface area contributed by atoms with Gasteiger partial charge >= 0.3 is 0 Å². The van der Waals surface area contributed by atoms with Crippen LogP contribution in [0.15, 0.2) is 63.8 Å². The molecule has 2 aromatic carbocycles. The van der Waals surface area contributed by atoms with Gasteiger partial charge in [0.05, 0.1) is 5.39 Å². The third-order valence-corrected chi connectivity index (χ3v) is 3.64. The highest BCUT2D eigenvalue weighted by molar-refractivity contribution is 9.08. The molecule has 0 amide bonds. The van der Waals surface area contributed by atoms with Gasteiger partial charge in [-0.3, -0.25) is 4.79 Å². The monoisotopic (exact) mass is 314 g/mol. The van der Waals surface area contributed by atoms with Crippen LogP contribution in [0.1, 0.15) is 5.56 Å². The van der Waals surface area contributed by atoms with Gasteiger partial charge in [0.15, 0.2) is 5.43 Å². The van der Waals surface area contributed by atoms with E-state index in [9.17, 15) is 4.79 Å². The van der Waals surface area contributed by atoms with Crippen molar-refractivity contribution in [2.45, 2.75) is 5.33 Å². The molecule has 0 aliphatic heterocycles. The maximum absolute atomic E-state index is 12.2. The summed E-state index contributed by atoms with van der Waals surface area (Å²) in [5.41, 5.74) is 2.53. The second-order valence-corrected chi connectivity index (χ2v) is 4.83. The first kappa shape index (κ1) is 12.2. The van der Waals surface area contributed by atoms with Gasteiger partial charge in [-0.15, -0.1) is 0 Å². The molecule has 0 aliphatic rings. The number of benzene rings is 2. The van der Waals surface area contributed by atoms with Gasteiger partial charge in [0.1, 0.15) is 11.3 Å². The van der Waals surface area contributed by atoms with E-state index in [0.717, 1.165) is 11.1 Å². The molecule has 0 saturated carbocycles. The van der Waals surface area contributed by atoms with Crippen molar-refractivity contribution in [3.05, 3.63) is 70.4 Å².